The van der Waals surface area contributed by atoms with Gasteiger partial charge in [-0.1, -0.05) is 23.7 Å². The Morgan fingerprint density at radius 3 is 2.56 bits per heavy atom. The SMILES string of the molecule is O=S(=O)(Cc1cccc(Cl)c1)NCC1CCN(C2CCOCC2)CC1. The van der Waals surface area contributed by atoms with E-state index < -0.39 is 10.0 Å². The minimum atomic E-state index is -3.32. The molecule has 2 heterocycles. The van der Waals surface area contributed by atoms with Crippen molar-refractivity contribution < 1.29 is 13.2 Å². The molecule has 0 amide bonds. The summed E-state index contributed by atoms with van der Waals surface area (Å²) >= 11 is 5.92. The summed E-state index contributed by atoms with van der Waals surface area (Å²) in [5, 5.41) is 0.563. The topological polar surface area (TPSA) is 58.6 Å². The Hall–Kier alpha value is -0.660. The second kappa shape index (κ2) is 8.82. The molecule has 140 valence electrons. The molecule has 2 saturated heterocycles. The first-order valence-electron chi connectivity index (χ1n) is 9.05. The molecule has 1 N–H and O–H groups in total. The van der Waals surface area contributed by atoms with Gasteiger partial charge in [0.1, 0.15) is 0 Å². The van der Waals surface area contributed by atoms with E-state index in [0.717, 1.165) is 52.0 Å². The fourth-order valence-electron chi connectivity index (χ4n) is 3.71. The number of nitrogens with zero attached hydrogens (tertiary/aromatic N) is 1. The van der Waals surface area contributed by atoms with Crippen molar-refractivity contribution in [1.29, 1.82) is 0 Å². The zero-order valence-electron chi connectivity index (χ0n) is 14.5. The van der Waals surface area contributed by atoms with E-state index in [2.05, 4.69) is 9.62 Å². The number of piperidine rings is 1. The third-order valence-electron chi connectivity index (χ3n) is 5.19. The summed E-state index contributed by atoms with van der Waals surface area (Å²) in [4.78, 5) is 2.56. The third-order valence-corrected chi connectivity index (χ3v) is 6.75. The lowest BCUT2D eigenvalue weighted by Crippen LogP contribution is -2.45. The number of benzene rings is 1. The van der Waals surface area contributed by atoms with Crippen LogP contribution in [0.15, 0.2) is 24.3 Å². The highest BCUT2D eigenvalue weighted by atomic mass is 35.5. The predicted molar refractivity (Wildman–Crippen MR) is 100 cm³/mol. The normalized spacial score (nSPS) is 21.5. The van der Waals surface area contributed by atoms with Crippen molar-refractivity contribution in [2.24, 2.45) is 5.92 Å². The Morgan fingerprint density at radius 1 is 1.16 bits per heavy atom. The number of likely N-dealkylation sites (tertiary alicyclic amines) is 1. The van der Waals surface area contributed by atoms with Crippen molar-refractivity contribution in [1.82, 2.24) is 9.62 Å². The standard InChI is InChI=1S/C18H27ClN2O3S/c19-17-3-1-2-16(12-17)14-25(22,23)20-13-15-4-8-21(9-5-15)18-6-10-24-11-7-18/h1-3,12,15,18,20H,4-11,13-14H2. The van der Waals surface area contributed by atoms with Crippen LogP contribution in [0.3, 0.4) is 0 Å². The number of sulfonamides is 1. The molecule has 2 aliphatic heterocycles. The summed E-state index contributed by atoms with van der Waals surface area (Å²) in [6.07, 6.45) is 4.35. The van der Waals surface area contributed by atoms with E-state index in [4.69, 9.17) is 16.3 Å². The van der Waals surface area contributed by atoms with Crippen molar-refractivity contribution in [2.75, 3.05) is 32.8 Å². The van der Waals surface area contributed by atoms with Gasteiger partial charge in [0.05, 0.1) is 5.75 Å². The summed E-state index contributed by atoms with van der Waals surface area (Å²) in [5.74, 6) is 0.402. The van der Waals surface area contributed by atoms with E-state index in [1.165, 1.54) is 0 Å². The average molecular weight is 387 g/mol. The van der Waals surface area contributed by atoms with E-state index in [1.807, 2.05) is 0 Å². The molecule has 2 fully saturated rings. The van der Waals surface area contributed by atoms with Gasteiger partial charge in [0.25, 0.3) is 0 Å². The molecular weight excluding hydrogens is 360 g/mol. The van der Waals surface area contributed by atoms with Crippen molar-refractivity contribution in [3.63, 3.8) is 0 Å². The molecule has 0 unspecified atom stereocenters. The molecule has 0 spiro atoms. The minimum absolute atomic E-state index is 0.0194. The first kappa shape index (κ1) is 19.1. The molecule has 0 aliphatic carbocycles. The van der Waals surface area contributed by atoms with Crippen LogP contribution in [0, 0.1) is 5.92 Å². The van der Waals surface area contributed by atoms with Gasteiger partial charge in [-0.25, -0.2) is 13.1 Å². The van der Waals surface area contributed by atoms with Crippen LogP contribution < -0.4 is 4.72 Å². The van der Waals surface area contributed by atoms with Gasteiger partial charge >= 0.3 is 0 Å². The van der Waals surface area contributed by atoms with E-state index in [1.54, 1.807) is 24.3 Å². The summed E-state index contributed by atoms with van der Waals surface area (Å²) in [7, 11) is -3.32. The number of hydrogen-bond donors (Lipinski definition) is 1. The van der Waals surface area contributed by atoms with Gasteiger partial charge in [-0.05, 0) is 62.4 Å². The number of hydrogen-bond acceptors (Lipinski definition) is 4. The number of rotatable bonds is 6. The molecular formula is C18H27ClN2O3S. The largest absolute Gasteiger partial charge is 0.381 e. The van der Waals surface area contributed by atoms with Gasteiger partial charge in [-0.2, -0.15) is 0 Å². The molecule has 0 saturated carbocycles. The molecule has 7 heteroatoms. The first-order chi connectivity index (χ1) is 12.0. The fourth-order valence-corrected chi connectivity index (χ4v) is 5.14. The molecule has 0 aromatic heterocycles. The van der Waals surface area contributed by atoms with Crippen LogP contribution in [-0.4, -0.2) is 52.2 Å². The molecule has 2 aliphatic rings. The maximum absolute atomic E-state index is 12.3. The fraction of sp³-hybridized carbons (Fsp3) is 0.667. The van der Waals surface area contributed by atoms with Crippen LogP contribution in [0.4, 0.5) is 0 Å². The number of ether oxygens (including phenoxy) is 1. The summed E-state index contributed by atoms with van der Waals surface area (Å²) in [6, 6.07) is 7.66. The summed E-state index contributed by atoms with van der Waals surface area (Å²) < 4.78 is 32.8. The molecule has 0 atom stereocenters. The Morgan fingerprint density at radius 2 is 1.88 bits per heavy atom. The first-order valence-corrected chi connectivity index (χ1v) is 11.1. The van der Waals surface area contributed by atoms with Gasteiger partial charge in [-0.3, -0.25) is 0 Å². The van der Waals surface area contributed by atoms with Crippen molar-refractivity contribution >= 4 is 21.6 Å². The Bertz CT molecular complexity index is 654. The molecule has 25 heavy (non-hydrogen) atoms. The van der Waals surface area contributed by atoms with Crippen molar-refractivity contribution in [3.05, 3.63) is 34.9 Å². The lowest BCUT2D eigenvalue weighted by molar-refractivity contribution is 0.0214. The van der Waals surface area contributed by atoms with Gasteiger partial charge < -0.3 is 9.64 Å². The van der Waals surface area contributed by atoms with Gasteiger partial charge in [-0.15, -0.1) is 0 Å². The molecule has 0 radical (unpaired) electrons. The van der Waals surface area contributed by atoms with Crippen molar-refractivity contribution in [2.45, 2.75) is 37.5 Å². The Balaban J connectivity index is 1.42. The molecule has 3 rings (SSSR count). The Labute approximate surface area is 155 Å². The van der Waals surface area contributed by atoms with Crippen molar-refractivity contribution in [3.8, 4) is 0 Å². The second-order valence-electron chi connectivity index (χ2n) is 7.06. The van der Waals surface area contributed by atoms with E-state index in [0.29, 0.717) is 29.1 Å². The predicted octanol–water partition coefficient (Wildman–Crippen LogP) is 2.65. The monoisotopic (exact) mass is 386 g/mol. The lowest BCUT2D eigenvalue weighted by Gasteiger charge is -2.39. The molecule has 1 aromatic rings. The zero-order valence-corrected chi connectivity index (χ0v) is 16.1. The zero-order chi connectivity index (χ0) is 17.7. The third kappa shape index (κ3) is 5.93. The van der Waals surface area contributed by atoms with Crippen LogP contribution in [0.2, 0.25) is 5.02 Å². The summed E-state index contributed by atoms with van der Waals surface area (Å²) in [5.41, 5.74) is 0.717. The maximum Gasteiger partial charge on any atom is 0.215 e. The van der Waals surface area contributed by atoms with Gasteiger partial charge in [0, 0.05) is 30.8 Å². The quantitative estimate of drug-likeness (QED) is 0.816. The highest BCUT2D eigenvalue weighted by Crippen LogP contribution is 2.23. The highest BCUT2D eigenvalue weighted by Gasteiger charge is 2.27. The minimum Gasteiger partial charge on any atom is -0.381 e. The Kier molecular flexibility index (Phi) is 6.74. The van der Waals surface area contributed by atoms with Crippen LogP contribution in [0.25, 0.3) is 0 Å². The smallest absolute Gasteiger partial charge is 0.215 e. The molecule has 0 bridgehead atoms. The maximum atomic E-state index is 12.3. The van der Waals surface area contributed by atoms with E-state index in [-0.39, 0.29) is 5.75 Å². The number of halogens is 1. The molecule has 5 nitrogen and oxygen atoms in total. The van der Waals surface area contributed by atoms with Crippen LogP contribution in [0.1, 0.15) is 31.2 Å². The summed E-state index contributed by atoms with van der Waals surface area (Å²) in [6.45, 7) is 4.39. The van der Waals surface area contributed by atoms with Crippen LogP contribution in [0.5, 0.6) is 0 Å². The van der Waals surface area contributed by atoms with E-state index >= 15 is 0 Å². The van der Waals surface area contributed by atoms with Gasteiger partial charge in [0.15, 0.2) is 0 Å². The number of nitrogens with one attached hydrogen (secondary N) is 1. The lowest BCUT2D eigenvalue weighted by atomic mass is 9.94. The van der Waals surface area contributed by atoms with E-state index in [9.17, 15) is 8.42 Å². The van der Waals surface area contributed by atoms with Crippen LogP contribution >= 0.6 is 11.6 Å². The second-order valence-corrected chi connectivity index (χ2v) is 9.30. The highest BCUT2D eigenvalue weighted by molar-refractivity contribution is 7.88. The average Bonchev–Trinajstić information content (AvgIpc) is 2.61. The van der Waals surface area contributed by atoms with Crippen LogP contribution in [-0.2, 0) is 20.5 Å². The molecule has 1 aromatic carbocycles. The van der Waals surface area contributed by atoms with Gasteiger partial charge in [0.2, 0.25) is 10.0 Å².